The number of fused-ring (bicyclic) bond motifs is 2. The minimum atomic E-state index is -3.70. The Morgan fingerprint density at radius 3 is 2.52 bits per heavy atom. The molecule has 0 aliphatic carbocycles. The van der Waals surface area contributed by atoms with E-state index < -0.39 is 10.0 Å². The van der Waals surface area contributed by atoms with E-state index in [9.17, 15) is 8.42 Å². The van der Waals surface area contributed by atoms with Crippen molar-refractivity contribution in [3.8, 4) is 11.5 Å². The average Bonchev–Trinajstić information content (AvgIpc) is 2.59. The Morgan fingerprint density at radius 1 is 0.880 bits per heavy atom. The third-order valence-electron chi connectivity index (χ3n) is 3.65. The van der Waals surface area contributed by atoms with Crippen molar-refractivity contribution in [3.05, 3.63) is 66.7 Å². The Morgan fingerprint density at radius 2 is 1.68 bits per heavy atom. The van der Waals surface area contributed by atoms with Crippen molar-refractivity contribution < 1.29 is 13.2 Å². The van der Waals surface area contributed by atoms with E-state index in [4.69, 9.17) is 10.5 Å². The van der Waals surface area contributed by atoms with E-state index in [1.807, 2.05) is 24.3 Å². The van der Waals surface area contributed by atoms with Crippen LogP contribution in [0.25, 0.3) is 0 Å². The van der Waals surface area contributed by atoms with E-state index >= 15 is 0 Å². The molecular formula is C18H14N2O3S2. The highest BCUT2D eigenvalue weighted by atomic mass is 32.2. The first-order valence-corrected chi connectivity index (χ1v) is 9.78. The Kier molecular flexibility index (Phi) is 3.82. The van der Waals surface area contributed by atoms with Gasteiger partial charge in [-0.15, -0.1) is 0 Å². The normalized spacial score (nSPS) is 12.6. The minimum Gasteiger partial charge on any atom is -0.455 e. The summed E-state index contributed by atoms with van der Waals surface area (Å²) in [7, 11) is -3.70. The van der Waals surface area contributed by atoms with Crippen LogP contribution >= 0.6 is 11.8 Å². The largest absolute Gasteiger partial charge is 0.455 e. The highest BCUT2D eigenvalue weighted by Gasteiger charge is 2.20. The fourth-order valence-electron chi connectivity index (χ4n) is 2.49. The predicted octanol–water partition coefficient (Wildman–Crippen LogP) is 4.33. The van der Waals surface area contributed by atoms with E-state index in [2.05, 4.69) is 4.72 Å². The van der Waals surface area contributed by atoms with E-state index in [1.165, 1.54) is 12.1 Å². The molecule has 3 N–H and O–H groups in total. The zero-order chi connectivity index (χ0) is 17.4. The molecule has 0 saturated carbocycles. The molecule has 4 rings (SSSR count). The lowest BCUT2D eigenvalue weighted by molar-refractivity contribution is 0.454. The first kappa shape index (κ1) is 15.9. The lowest BCUT2D eigenvalue weighted by atomic mass is 10.3. The molecule has 0 fully saturated rings. The van der Waals surface area contributed by atoms with Crippen LogP contribution in [0.5, 0.6) is 11.5 Å². The van der Waals surface area contributed by atoms with Crippen LogP contribution < -0.4 is 15.2 Å². The maximum atomic E-state index is 12.5. The smallest absolute Gasteiger partial charge is 0.261 e. The average molecular weight is 370 g/mol. The third-order valence-corrected chi connectivity index (χ3v) is 6.13. The minimum absolute atomic E-state index is 0.125. The molecule has 1 heterocycles. The molecule has 0 bridgehead atoms. The first-order chi connectivity index (χ1) is 12.0. The summed E-state index contributed by atoms with van der Waals surface area (Å²) < 4.78 is 33.5. The van der Waals surface area contributed by atoms with Crippen LogP contribution in [-0.2, 0) is 10.0 Å². The highest BCUT2D eigenvalue weighted by Crippen LogP contribution is 2.47. The van der Waals surface area contributed by atoms with Crippen molar-refractivity contribution in [2.24, 2.45) is 0 Å². The number of benzene rings is 3. The van der Waals surface area contributed by atoms with Crippen molar-refractivity contribution >= 4 is 33.2 Å². The van der Waals surface area contributed by atoms with Gasteiger partial charge in [-0.3, -0.25) is 4.72 Å². The SMILES string of the molecule is Nc1cccc(S(=O)(=O)Nc2ccc3c(c2)Sc2ccccc2O3)c1. The molecule has 25 heavy (non-hydrogen) atoms. The Balaban J connectivity index is 1.63. The molecule has 0 aromatic heterocycles. The summed E-state index contributed by atoms with van der Waals surface area (Å²) in [5.74, 6) is 1.50. The molecule has 0 saturated heterocycles. The Hall–Kier alpha value is -2.64. The van der Waals surface area contributed by atoms with Gasteiger partial charge in [-0.25, -0.2) is 8.42 Å². The second-order valence-corrected chi connectivity index (χ2v) is 8.26. The van der Waals surface area contributed by atoms with Gasteiger partial charge < -0.3 is 10.5 Å². The number of ether oxygens (including phenoxy) is 1. The topological polar surface area (TPSA) is 81.4 Å². The molecule has 7 heteroatoms. The molecule has 0 radical (unpaired) electrons. The van der Waals surface area contributed by atoms with Crippen LogP contribution in [0.15, 0.2) is 81.4 Å². The highest BCUT2D eigenvalue weighted by molar-refractivity contribution is 7.99. The molecular weight excluding hydrogens is 356 g/mol. The van der Waals surface area contributed by atoms with Gasteiger partial charge >= 0.3 is 0 Å². The van der Waals surface area contributed by atoms with Crippen LogP contribution in [0.2, 0.25) is 0 Å². The maximum absolute atomic E-state index is 12.5. The number of anilines is 2. The Bertz CT molecular complexity index is 1070. The van der Waals surface area contributed by atoms with Crippen molar-refractivity contribution in [1.82, 2.24) is 0 Å². The summed E-state index contributed by atoms with van der Waals surface area (Å²) in [6.07, 6.45) is 0. The van der Waals surface area contributed by atoms with E-state index in [0.717, 1.165) is 15.5 Å². The van der Waals surface area contributed by atoms with Gasteiger partial charge in [0, 0.05) is 5.69 Å². The Labute approximate surface area is 149 Å². The number of nitrogens with two attached hydrogens (primary N) is 1. The lowest BCUT2D eigenvalue weighted by Crippen LogP contribution is -2.13. The zero-order valence-electron chi connectivity index (χ0n) is 13.0. The molecule has 126 valence electrons. The fraction of sp³-hybridized carbons (Fsp3) is 0. The van der Waals surface area contributed by atoms with Gasteiger partial charge in [0.25, 0.3) is 10.0 Å². The van der Waals surface area contributed by atoms with Gasteiger partial charge in [-0.1, -0.05) is 30.0 Å². The van der Waals surface area contributed by atoms with Crippen molar-refractivity contribution in [3.63, 3.8) is 0 Å². The van der Waals surface area contributed by atoms with Gasteiger partial charge in [0.2, 0.25) is 0 Å². The van der Waals surface area contributed by atoms with Crippen LogP contribution in [0, 0.1) is 0 Å². The summed E-state index contributed by atoms with van der Waals surface area (Å²) in [6.45, 7) is 0. The number of nitrogen functional groups attached to an aromatic ring is 1. The van der Waals surface area contributed by atoms with Gasteiger partial charge in [-0.05, 0) is 48.5 Å². The van der Waals surface area contributed by atoms with Crippen LogP contribution in [0.1, 0.15) is 0 Å². The van der Waals surface area contributed by atoms with Gasteiger partial charge in [0.05, 0.1) is 20.4 Å². The molecule has 0 unspecified atom stereocenters. The van der Waals surface area contributed by atoms with E-state index in [1.54, 1.807) is 42.1 Å². The summed E-state index contributed by atoms with van der Waals surface area (Å²) in [5, 5.41) is 0. The van der Waals surface area contributed by atoms with Crippen molar-refractivity contribution in [2.45, 2.75) is 14.7 Å². The third kappa shape index (κ3) is 3.16. The van der Waals surface area contributed by atoms with Crippen molar-refractivity contribution in [2.75, 3.05) is 10.5 Å². The van der Waals surface area contributed by atoms with E-state index in [0.29, 0.717) is 17.1 Å². The quantitative estimate of drug-likeness (QED) is 0.525. The number of para-hydroxylation sites is 1. The second-order valence-electron chi connectivity index (χ2n) is 5.49. The van der Waals surface area contributed by atoms with Gasteiger partial charge in [0.1, 0.15) is 11.5 Å². The molecule has 3 aromatic carbocycles. The number of nitrogens with one attached hydrogen (secondary N) is 1. The number of hydrogen-bond donors (Lipinski definition) is 2. The molecule has 3 aromatic rings. The van der Waals surface area contributed by atoms with Crippen LogP contribution in [0.4, 0.5) is 11.4 Å². The fourth-order valence-corrected chi connectivity index (χ4v) is 4.58. The van der Waals surface area contributed by atoms with Gasteiger partial charge in [-0.2, -0.15) is 0 Å². The molecule has 1 aliphatic rings. The first-order valence-electron chi connectivity index (χ1n) is 7.48. The molecule has 0 spiro atoms. The monoisotopic (exact) mass is 370 g/mol. The molecule has 0 atom stereocenters. The van der Waals surface area contributed by atoms with Crippen LogP contribution in [-0.4, -0.2) is 8.42 Å². The number of hydrogen-bond acceptors (Lipinski definition) is 5. The van der Waals surface area contributed by atoms with Crippen molar-refractivity contribution in [1.29, 1.82) is 0 Å². The predicted molar refractivity (Wildman–Crippen MR) is 98.7 cm³/mol. The summed E-state index contributed by atoms with van der Waals surface area (Å²) in [4.78, 5) is 1.97. The standard InChI is InChI=1S/C18H14N2O3S2/c19-12-4-3-5-14(10-12)25(21,22)20-13-8-9-16-18(11-13)24-17-7-2-1-6-15(17)23-16/h1-11,20H,19H2. The molecule has 5 nitrogen and oxygen atoms in total. The lowest BCUT2D eigenvalue weighted by Gasteiger charge is -2.20. The zero-order valence-corrected chi connectivity index (χ0v) is 14.6. The number of sulfonamides is 1. The van der Waals surface area contributed by atoms with E-state index in [-0.39, 0.29) is 4.90 Å². The molecule has 1 aliphatic heterocycles. The second kappa shape index (κ2) is 6.02. The maximum Gasteiger partial charge on any atom is 0.261 e. The van der Waals surface area contributed by atoms with Gasteiger partial charge in [0.15, 0.2) is 0 Å². The summed E-state index contributed by atoms with van der Waals surface area (Å²) in [5.41, 5.74) is 6.54. The summed E-state index contributed by atoms with van der Waals surface area (Å²) >= 11 is 1.54. The summed E-state index contributed by atoms with van der Waals surface area (Å²) in [6, 6.07) is 19.1. The molecule has 0 amide bonds. The number of rotatable bonds is 3. The van der Waals surface area contributed by atoms with Crippen LogP contribution in [0.3, 0.4) is 0 Å².